The van der Waals surface area contributed by atoms with Crippen molar-refractivity contribution in [2.45, 2.75) is 24.9 Å². The molecule has 31 heavy (non-hydrogen) atoms. The van der Waals surface area contributed by atoms with Crippen LogP contribution in [0.2, 0.25) is 10.3 Å². The lowest BCUT2D eigenvalue weighted by atomic mass is 10.0. The lowest BCUT2D eigenvalue weighted by Gasteiger charge is -2.34. The molecule has 2 aliphatic heterocycles. The Labute approximate surface area is 188 Å². The van der Waals surface area contributed by atoms with E-state index in [0.29, 0.717) is 33.9 Å². The maximum atomic E-state index is 15.8. The van der Waals surface area contributed by atoms with Gasteiger partial charge in [-0.1, -0.05) is 41.9 Å². The first-order valence-electron chi connectivity index (χ1n) is 10.3. The summed E-state index contributed by atoms with van der Waals surface area (Å²) in [6.45, 7) is 1.61. The Morgan fingerprint density at radius 2 is 1.74 bits per heavy atom. The lowest BCUT2D eigenvalue weighted by molar-refractivity contribution is 0.464. The van der Waals surface area contributed by atoms with Gasteiger partial charge in [0.1, 0.15) is 17.0 Å². The molecule has 2 aliphatic rings. The minimum atomic E-state index is -0.520. The molecule has 2 aromatic heterocycles. The molecule has 0 radical (unpaired) electrons. The minimum absolute atomic E-state index is 0.0281. The molecular weight excluding hydrogens is 436 g/mol. The van der Waals surface area contributed by atoms with Crippen molar-refractivity contribution >= 4 is 50.7 Å². The molecule has 2 bridgehead atoms. The molecule has 2 saturated heterocycles. The lowest BCUT2D eigenvalue weighted by Crippen LogP contribution is -2.51. The molecule has 0 saturated carbocycles. The summed E-state index contributed by atoms with van der Waals surface area (Å²) in [6.07, 6.45) is 3.92. The number of aromatic nitrogens is 3. The average molecular weight is 454 g/mol. The first kappa shape index (κ1) is 19.2. The highest BCUT2D eigenvalue weighted by atomic mass is 35.5. The Balaban J connectivity index is 1.55. The summed E-state index contributed by atoms with van der Waals surface area (Å²) in [5, 5.41) is 6.42. The number of nitrogens with one attached hydrogen (secondary N) is 1. The van der Waals surface area contributed by atoms with Gasteiger partial charge in [0.05, 0.1) is 5.39 Å². The van der Waals surface area contributed by atoms with Gasteiger partial charge in [-0.25, -0.2) is 9.37 Å². The molecule has 6 rings (SSSR count). The van der Waals surface area contributed by atoms with Crippen LogP contribution < -0.4 is 10.2 Å². The van der Waals surface area contributed by atoms with Gasteiger partial charge in [-0.05, 0) is 35.9 Å². The van der Waals surface area contributed by atoms with Crippen molar-refractivity contribution in [2.24, 2.45) is 0 Å². The van der Waals surface area contributed by atoms with Crippen molar-refractivity contribution in [2.75, 3.05) is 18.0 Å². The SMILES string of the molecule is Fc1c(-c2cccc3cccc(Cl)c23)ncc2c(N3CC4CCC(C3)N4)nc(Cl)nc12. The van der Waals surface area contributed by atoms with E-state index in [9.17, 15) is 0 Å². The van der Waals surface area contributed by atoms with Crippen LogP contribution in [0.1, 0.15) is 12.8 Å². The molecule has 0 aliphatic carbocycles. The second kappa shape index (κ2) is 7.26. The predicted molar refractivity (Wildman–Crippen MR) is 122 cm³/mol. The van der Waals surface area contributed by atoms with Crippen molar-refractivity contribution in [1.29, 1.82) is 0 Å². The predicted octanol–water partition coefficient (Wildman–Crippen LogP) is 5.23. The number of fused-ring (bicyclic) bond motifs is 4. The zero-order valence-electron chi connectivity index (χ0n) is 16.4. The third-order valence-electron chi connectivity index (χ3n) is 6.26. The fourth-order valence-electron chi connectivity index (χ4n) is 4.91. The van der Waals surface area contributed by atoms with E-state index < -0.39 is 5.82 Å². The summed E-state index contributed by atoms with van der Waals surface area (Å²) in [5.41, 5.74) is 1.00. The van der Waals surface area contributed by atoms with Crippen LogP contribution in [0.25, 0.3) is 32.9 Å². The zero-order valence-corrected chi connectivity index (χ0v) is 18.0. The number of hydrogen-bond acceptors (Lipinski definition) is 5. The highest BCUT2D eigenvalue weighted by Gasteiger charge is 2.34. The molecule has 5 nitrogen and oxygen atoms in total. The van der Waals surface area contributed by atoms with Crippen LogP contribution in [-0.2, 0) is 0 Å². The molecule has 156 valence electrons. The van der Waals surface area contributed by atoms with Gasteiger partial charge in [-0.3, -0.25) is 4.98 Å². The summed E-state index contributed by atoms with van der Waals surface area (Å²) in [6, 6.07) is 12.1. The van der Waals surface area contributed by atoms with E-state index in [2.05, 4.69) is 25.2 Å². The second-order valence-corrected chi connectivity index (χ2v) is 8.93. The summed E-state index contributed by atoms with van der Waals surface area (Å²) in [4.78, 5) is 15.4. The quantitative estimate of drug-likeness (QED) is 0.421. The van der Waals surface area contributed by atoms with Gasteiger partial charge < -0.3 is 10.2 Å². The molecule has 2 aromatic carbocycles. The summed E-state index contributed by atoms with van der Waals surface area (Å²) in [7, 11) is 0. The number of halogens is 3. The van der Waals surface area contributed by atoms with Gasteiger partial charge in [0.2, 0.25) is 5.28 Å². The van der Waals surface area contributed by atoms with Gasteiger partial charge in [-0.2, -0.15) is 4.98 Å². The maximum absolute atomic E-state index is 15.8. The van der Waals surface area contributed by atoms with Crippen molar-refractivity contribution in [1.82, 2.24) is 20.3 Å². The first-order chi connectivity index (χ1) is 15.1. The highest BCUT2D eigenvalue weighted by Crippen LogP contribution is 2.37. The average Bonchev–Trinajstić information content (AvgIpc) is 3.11. The van der Waals surface area contributed by atoms with Crippen LogP contribution in [0.15, 0.2) is 42.6 Å². The molecule has 2 unspecified atom stereocenters. The monoisotopic (exact) mass is 453 g/mol. The number of piperazine rings is 1. The van der Waals surface area contributed by atoms with E-state index in [-0.39, 0.29) is 16.5 Å². The van der Waals surface area contributed by atoms with E-state index in [1.54, 1.807) is 12.3 Å². The molecular formula is C23H18Cl2FN5. The van der Waals surface area contributed by atoms with Gasteiger partial charge in [0.15, 0.2) is 5.82 Å². The Kier molecular flexibility index (Phi) is 4.49. The smallest absolute Gasteiger partial charge is 0.225 e. The van der Waals surface area contributed by atoms with E-state index in [1.165, 1.54) is 0 Å². The molecule has 2 atom stereocenters. The number of anilines is 1. The van der Waals surface area contributed by atoms with Gasteiger partial charge in [0.25, 0.3) is 0 Å². The van der Waals surface area contributed by atoms with Crippen LogP contribution in [-0.4, -0.2) is 40.1 Å². The van der Waals surface area contributed by atoms with Crippen molar-refractivity contribution in [3.63, 3.8) is 0 Å². The van der Waals surface area contributed by atoms with Crippen molar-refractivity contribution < 1.29 is 4.39 Å². The van der Waals surface area contributed by atoms with Crippen molar-refractivity contribution in [3.05, 3.63) is 58.7 Å². The Morgan fingerprint density at radius 3 is 2.52 bits per heavy atom. The van der Waals surface area contributed by atoms with E-state index >= 15 is 4.39 Å². The number of benzene rings is 2. The third kappa shape index (κ3) is 3.13. The molecule has 4 aromatic rings. The van der Waals surface area contributed by atoms with Gasteiger partial charge in [0, 0.05) is 47.3 Å². The Bertz CT molecular complexity index is 1330. The minimum Gasteiger partial charge on any atom is -0.353 e. The molecule has 1 N–H and O–H groups in total. The summed E-state index contributed by atoms with van der Waals surface area (Å²) < 4.78 is 15.8. The molecule has 4 heterocycles. The summed E-state index contributed by atoms with van der Waals surface area (Å²) in [5.74, 6) is 0.121. The largest absolute Gasteiger partial charge is 0.353 e. The zero-order chi connectivity index (χ0) is 21.1. The number of pyridine rings is 1. The van der Waals surface area contributed by atoms with E-state index in [1.807, 2.05) is 30.3 Å². The van der Waals surface area contributed by atoms with Crippen LogP contribution in [0.5, 0.6) is 0 Å². The van der Waals surface area contributed by atoms with Crippen LogP contribution in [0.4, 0.5) is 10.2 Å². The van der Waals surface area contributed by atoms with E-state index in [0.717, 1.165) is 36.7 Å². The highest BCUT2D eigenvalue weighted by molar-refractivity contribution is 6.36. The van der Waals surface area contributed by atoms with Gasteiger partial charge >= 0.3 is 0 Å². The standard InChI is InChI=1S/C23H18Cl2FN5/c24-17-6-2-4-12-3-1-5-15(18(12)17)20-19(26)21-16(9-27-20)22(30-23(25)29-21)31-10-13-7-8-14(11-31)28-13/h1-6,9,13-14,28H,7-8,10-11H2. The Morgan fingerprint density at radius 1 is 1.00 bits per heavy atom. The number of hydrogen-bond donors (Lipinski definition) is 1. The normalized spacial score (nSPS) is 20.7. The van der Waals surface area contributed by atoms with Gasteiger partial charge in [-0.15, -0.1) is 0 Å². The first-order valence-corrected chi connectivity index (χ1v) is 11.0. The topological polar surface area (TPSA) is 53.9 Å². The Hall–Kier alpha value is -2.54. The fraction of sp³-hybridized carbons (Fsp3) is 0.261. The second-order valence-electron chi connectivity index (χ2n) is 8.19. The number of nitrogens with zero attached hydrogens (tertiary/aromatic N) is 4. The van der Waals surface area contributed by atoms with E-state index in [4.69, 9.17) is 23.2 Å². The molecule has 0 amide bonds. The van der Waals surface area contributed by atoms with Crippen LogP contribution in [0.3, 0.4) is 0 Å². The van der Waals surface area contributed by atoms with Crippen LogP contribution in [0, 0.1) is 5.82 Å². The van der Waals surface area contributed by atoms with Crippen LogP contribution >= 0.6 is 23.2 Å². The number of rotatable bonds is 2. The third-order valence-corrected chi connectivity index (χ3v) is 6.75. The summed E-state index contributed by atoms with van der Waals surface area (Å²) >= 11 is 12.7. The molecule has 0 spiro atoms. The fourth-order valence-corrected chi connectivity index (χ4v) is 5.35. The van der Waals surface area contributed by atoms with Crippen molar-refractivity contribution in [3.8, 4) is 11.3 Å². The molecule has 2 fully saturated rings. The maximum Gasteiger partial charge on any atom is 0.225 e. The molecule has 8 heteroatoms.